The van der Waals surface area contributed by atoms with Crippen molar-refractivity contribution in [2.45, 2.75) is 39.2 Å². The number of benzene rings is 2. The Morgan fingerprint density at radius 1 is 0.839 bits per heavy atom. The van der Waals surface area contributed by atoms with Crippen molar-refractivity contribution in [3.8, 4) is 28.7 Å². The molecule has 0 atom stereocenters. The van der Waals surface area contributed by atoms with Gasteiger partial charge in [-0.2, -0.15) is 0 Å². The molecule has 2 rings (SSSR count). The second-order valence-corrected chi connectivity index (χ2v) is 7.00. The van der Waals surface area contributed by atoms with E-state index in [-0.39, 0.29) is 5.91 Å². The first-order valence-electron chi connectivity index (χ1n) is 10.4. The summed E-state index contributed by atoms with van der Waals surface area (Å²) >= 11 is 0. The Kier molecular flexibility index (Phi) is 9.81. The number of amides is 1. The maximum absolute atomic E-state index is 12.4. The quantitative estimate of drug-likeness (QED) is 0.480. The highest BCUT2D eigenvalue weighted by atomic mass is 16.5. The van der Waals surface area contributed by atoms with Crippen molar-refractivity contribution in [1.29, 1.82) is 0 Å². The lowest BCUT2D eigenvalue weighted by Gasteiger charge is -2.14. The summed E-state index contributed by atoms with van der Waals surface area (Å²) in [4.78, 5) is 12.4. The van der Waals surface area contributed by atoms with E-state index in [0.717, 1.165) is 24.0 Å². The molecule has 0 bridgehead atoms. The highest BCUT2D eigenvalue weighted by molar-refractivity contribution is 5.76. The van der Waals surface area contributed by atoms with Gasteiger partial charge in [0.05, 0.1) is 35.0 Å². The molecule has 0 aliphatic carbocycles. The summed E-state index contributed by atoms with van der Waals surface area (Å²) in [5.41, 5.74) is 1.88. The van der Waals surface area contributed by atoms with Crippen molar-refractivity contribution in [1.82, 2.24) is 5.32 Å². The molecule has 31 heavy (non-hydrogen) atoms. The van der Waals surface area contributed by atoms with E-state index in [1.807, 2.05) is 30.3 Å². The van der Waals surface area contributed by atoms with Crippen LogP contribution in [0.15, 0.2) is 30.3 Å². The fourth-order valence-corrected chi connectivity index (χ4v) is 3.09. The van der Waals surface area contributed by atoms with Gasteiger partial charge < -0.3 is 29.0 Å². The second-order valence-electron chi connectivity index (χ2n) is 7.00. The summed E-state index contributed by atoms with van der Waals surface area (Å²) in [5.74, 6) is 3.02. The Bertz CT molecular complexity index is 827. The predicted molar refractivity (Wildman–Crippen MR) is 120 cm³/mol. The van der Waals surface area contributed by atoms with Gasteiger partial charge in [0.15, 0.2) is 23.0 Å². The van der Waals surface area contributed by atoms with Gasteiger partial charge in [0.1, 0.15) is 0 Å². The Hall–Kier alpha value is -3.09. The minimum absolute atomic E-state index is 0.0454. The Labute approximate surface area is 184 Å². The molecule has 7 nitrogen and oxygen atoms in total. The van der Waals surface area contributed by atoms with E-state index in [4.69, 9.17) is 23.7 Å². The van der Waals surface area contributed by atoms with Gasteiger partial charge in [-0.15, -0.1) is 0 Å². The van der Waals surface area contributed by atoms with Gasteiger partial charge in [-0.05, 0) is 48.2 Å². The van der Waals surface area contributed by atoms with Crippen molar-refractivity contribution in [2.24, 2.45) is 0 Å². The Morgan fingerprint density at radius 3 is 2.06 bits per heavy atom. The topological polar surface area (TPSA) is 75.3 Å². The minimum Gasteiger partial charge on any atom is -0.493 e. The average molecular weight is 432 g/mol. The molecule has 7 heteroatoms. The van der Waals surface area contributed by atoms with E-state index < -0.39 is 0 Å². The zero-order valence-electron chi connectivity index (χ0n) is 19.1. The van der Waals surface area contributed by atoms with Crippen LogP contribution in [-0.2, 0) is 17.8 Å². The number of hydrogen-bond donors (Lipinski definition) is 1. The lowest BCUT2D eigenvalue weighted by Crippen LogP contribution is -2.23. The summed E-state index contributed by atoms with van der Waals surface area (Å²) in [6.07, 6.45) is 2.96. The van der Waals surface area contributed by atoms with Crippen molar-refractivity contribution < 1.29 is 28.5 Å². The van der Waals surface area contributed by atoms with Crippen molar-refractivity contribution in [3.05, 3.63) is 41.5 Å². The maximum Gasteiger partial charge on any atom is 0.220 e. The molecule has 0 aliphatic heterocycles. The molecule has 0 saturated heterocycles. The number of methoxy groups -OCH3 is 4. The predicted octanol–water partition coefficient (Wildman–Crippen LogP) is 4.15. The van der Waals surface area contributed by atoms with Gasteiger partial charge in [0.2, 0.25) is 11.7 Å². The van der Waals surface area contributed by atoms with E-state index in [9.17, 15) is 4.79 Å². The van der Waals surface area contributed by atoms with Gasteiger partial charge >= 0.3 is 0 Å². The molecular weight excluding hydrogens is 398 g/mol. The first-order chi connectivity index (χ1) is 15.1. The molecule has 170 valence electrons. The summed E-state index contributed by atoms with van der Waals surface area (Å²) in [6.45, 7) is 3.19. The third-order valence-electron chi connectivity index (χ3n) is 4.84. The third kappa shape index (κ3) is 6.98. The molecule has 0 radical (unpaired) electrons. The van der Waals surface area contributed by atoms with Crippen LogP contribution in [0.25, 0.3) is 0 Å². The van der Waals surface area contributed by atoms with E-state index >= 15 is 0 Å². The summed E-state index contributed by atoms with van der Waals surface area (Å²) in [7, 11) is 6.32. The van der Waals surface area contributed by atoms with Gasteiger partial charge in [0, 0.05) is 13.0 Å². The standard InChI is InChI=1S/C24H33NO6/c1-6-7-12-31-19-10-8-18(15-20(19)27-2)16-25-23(26)11-9-17-13-21(28-3)24(30-5)22(14-17)29-4/h8,10,13-15H,6-7,9,11-12,16H2,1-5H3,(H,25,26). The van der Waals surface area contributed by atoms with Crippen LogP contribution in [0, 0.1) is 0 Å². The monoisotopic (exact) mass is 431 g/mol. The van der Waals surface area contributed by atoms with Crippen molar-refractivity contribution in [2.75, 3.05) is 35.0 Å². The number of aryl methyl sites for hydroxylation is 1. The molecule has 0 aliphatic rings. The number of carbonyl (C=O) groups excluding carboxylic acids is 1. The van der Waals surface area contributed by atoms with Gasteiger partial charge in [-0.1, -0.05) is 19.4 Å². The Balaban J connectivity index is 1.92. The number of carbonyl (C=O) groups is 1. The maximum atomic E-state index is 12.4. The zero-order valence-corrected chi connectivity index (χ0v) is 19.1. The average Bonchev–Trinajstić information content (AvgIpc) is 2.81. The molecular formula is C24H33NO6. The molecule has 1 amide bonds. The van der Waals surface area contributed by atoms with Crippen LogP contribution < -0.4 is 29.0 Å². The van der Waals surface area contributed by atoms with Crippen molar-refractivity contribution >= 4 is 5.91 Å². The van der Waals surface area contributed by atoms with Crippen LogP contribution in [-0.4, -0.2) is 41.0 Å². The van der Waals surface area contributed by atoms with Crippen LogP contribution in [0.1, 0.15) is 37.3 Å². The number of ether oxygens (including phenoxy) is 5. The smallest absolute Gasteiger partial charge is 0.220 e. The van der Waals surface area contributed by atoms with E-state index in [1.54, 1.807) is 28.4 Å². The molecule has 0 spiro atoms. The largest absolute Gasteiger partial charge is 0.493 e. The lowest BCUT2D eigenvalue weighted by atomic mass is 10.1. The van der Waals surface area contributed by atoms with Gasteiger partial charge in [0.25, 0.3) is 0 Å². The fourth-order valence-electron chi connectivity index (χ4n) is 3.09. The normalized spacial score (nSPS) is 10.4. The lowest BCUT2D eigenvalue weighted by molar-refractivity contribution is -0.121. The number of hydrogen-bond acceptors (Lipinski definition) is 6. The Morgan fingerprint density at radius 2 is 1.48 bits per heavy atom. The third-order valence-corrected chi connectivity index (χ3v) is 4.84. The van der Waals surface area contributed by atoms with Crippen molar-refractivity contribution in [3.63, 3.8) is 0 Å². The first-order valence-corrected chi connectivity index (χ1v) is 10.4. The van der Waals surface area contributed by atoms with Gasteiger partial charge in [-0.25, -0.2) is 0 Å². The van der Waals surface area contributed by atoms with Crippen LogP contribution in [0.4, 0.5) is 0 Å². The zero-order chi connectivity index (χ0) is 22.6. The van der Waals surface area contributed by atoms with Crippen LogP contribution in [0.5, 0.6) is 28.7 Å². The summed E-state index contributed by atoms with van der Waals surface area (Å²) in [6, 6.07) is 9.42. The minimum atomic E-state index is -0.0454. The number of unbranched alkanes of at least 4 members (excludes halogenated alkanes) is 1. The van der Waals surface area contributed by atoms with E-state index in [0.29, 0.717) is 54.7 Å². The molecule has 0 saturated carbocycles. The SMILES string of the molecule is CCCCOc1ccc(CNC(=O)CCc2cc(OC)c(OC)c(OC)c2)cc1OC. The highest BCUT2D eigenvalue weighted by Crippen LogP contribution is 2.38. The number of rotatable bonds is 13. The van der Waals surface area contributed by atoms with Gasteiger partial charge in [-0.3, -0.25) is 4.79 Å². The van der Waals surface area contributed by atoms with Crippen LogP contribution >= 0.6 is 0 Å². The molecule has 0 heterocycles. The molecule has 2 aromatic rings. The van der Waals surface area contributed by atoms with E-state index in [1.165, 1.54) is 0 Å². The summed E-state index contributed by atoms with van der Waals surface area (Å²) in [5, 5.41) is 2.95. The molecule has 0 aromatic heterocycles. The molecule has 2 aromatic carbocycles. The van der Waals surface area contributed by atoms with Crippen LogP contribution in [0.2, 0.25) is 0 Å². The fraction of sp³-hybridized carbons (Fsp3) is 0.458. The van der Waals surface area contributed by atoms with Crippen LogP contribution in [0.3, 0.4) is 0 Å². The van der Waals surface area contributed by atoms with E-state index in [2.05, 4.69) is 12.2 Å². The molecule has 1 N–H and O–H groups in total. The first kappa shape index (κ1) is 24.2. The second kappa shape index (κ2) is 12.6. The number of nitrogens with one attached hydrogen (secondary N) is 1. The molecule has 0 fully saturated rings. The molecule has 0 unspecified atom stereocenters. The highest BCUT2D eigenvalue weighted by Gasteiger charge is 2.14. The summed E-state index contributed by atoms with van der Waals surface area (Å²) < 4.78 is 27.2.